The van der Waals surface area contributed by atoms with Crippen LogP contribution in [0, 0.1) is 0 Å². The molecule has 112 valence electrons. The molecule has 0 amide bonds. The first-order valence-corrected chi connectivity index (χ1v) is 8.80. The molecule has 1 aliphatic heterocycles. The third-order valence-electron chi connectivity index (χ3n) is 2.98. The summed E-state index contributed by atoms with van der Waals surface area (Å²) in [6.45, 7) is 0. The van der Waals surface area contributed by atoms with Crippen molar-refractivity contribution in [3.63, 3.8) is 0 Å². The molecule has 1 unspecified atom stereocenters. The number of sulfone groups is 1. The number of nitrogens with zero attached hydrogens (tertiary/aromatic N) is 1. The Morgan fingerprint density at radius 2 is 2.10 bits per heavy atom. The Labute approximate surface area is 130 Å². The van der Waals surface area contributed by atoms with E-state index >= 15 is 0 Å². The van der Waals surface area contributed by atoms with E-state index in [1.54, 1.807) is 12.3 Å². The summed E-state index contributed by atoms with van der Waals surface area (Å²) in [5.74, 6) is 0.350. The molecule has 1 fully saturated rings. The SMILES string of the molecule is O=S1(=O)CCC(NC(=S)N/N=C/C=C/c2ccccc2)C1. The van der Waals surface area contributed by atoms with Crippen LogP contribution in [0.4, 0.5) is 0 Å². The smallest absolute Gasteiger partial charge is 0.187 e. The molecule has 0 aromatic heterocycles. The number of hydrogen-bond acceptors (Lipinski definition) is 4. The lowest BCUT2D eigenvalue weighted by atomic mass is 10.2. The van der Waals surface area contributed by atoms with Gasteiger partial charge in [0.05, 0.1) is 11.5 Å². The maximum absolute atomic E-state index is 11.3. The van der Waals surface area contributed by atoms with E-state index in [1.807, 2.05) is 36.4 Å². The highest BCUT2D eigenvalue weighted by atomic mass is 32.2. The Balaban J connectivity index is 1.72. The van der Waals surface area contributed by atoms with Gasteiger partial charge in [-0.1, -0.05) is 36.4 Å². The molecule has 5 nitrogen and oxygen atoms in total. The third kappa shape index (κ3) is 5.65. The van der Waals surface area contributed by atoms with Gasteiger partial charge in [0, 0.05) is 12.3 Å². The first kappa shape index (κ1) is 15.7. The maximum atomic E-state index is 11.3. The molecular weight excluding hydrogens is 306 g/mol. The Hall–Kier alpha value is -1.73. The molecule has 1 aromatic carbocycles. The Bertz CT molecular complexity index is 639. The number of allylic oxidation sites excluding steroid dienone is 1. The summed E-state index contributed by atoms with van der Waals surface area (Å²) in [5.41, 5.74) is 3.75. The van der Waals surface area contributed by atoms with Gasteiger partial charge in [-0.05, 0) is 30.3 Å². The average molecular weight is 323 g/mol. The number of nitrogens with one attached hydrogen (secondary N) is 2. The molecule has 0 radical (unpaired) electrons. The van der Waals surface area contributed by atoms with E-state index in [0.29, 0.717) is 11.5 Å². The largest absolute Gasteiger partial charge is 0.358 e. The quantitative estimate of drug-likeness (QED) is 0.497. The van der Waals surface area contributed by atoms with Crippen LogP contribution in [0.3, 0.4) is 0 Å². The van der Waals surface area contributed by atoms with Crippen molar-refractivity contribution in [3.8, 4) is 0 Å². The fourth-order valence-corrected chi connectivity index (χ4v) is 3.88. The van der Waals surface area contributed by atoms with Crippen molar-refractivity contribution in [1.29, 1.82) is 0 Å². The molecule has 21 heavy (non-hydrogen) atoms. The average Bonchev–Trinajstić information content (AvgIpc) is 2.78. The predicted octanol–water partition coefficient (Wildman–Crippen LogP) is 1.34. The summed E-state index contributed by atoms with van der Waals surface area (Å²) in [4.78, 5) is 0. The minimum absolute atomic E-state index is 0.120. The van der Waals surface area contributed by atoms with E-state index in [9.17, 15) is 8.42 Å². The van der Waals surface area contributed by atoms with Crippen LogP contribution in [0.5, 0.6) is 0 Å². The first-order valence-electron chi connectivity index (χ1n) is 6.57. The lowest BCUT2D eigenvalue weighted by molar-refractivity contribution is 0.600. The van der Waals surface area contributed by atoms with Crippen LogP contribution in [0.25, 0.3) is 6.08 Å². The third-order valence-corrected chi connectivity index (χ3v) is 4.96. The number of hydrazone groups is 1. The number of rotatable bonds is 4. The molecule has 2 N–H and O–H groups in total. The molecule has 0 aliphatic carbocycles. The first-order chi connectivity index (χ1) is 10.1. The van der Waals surface area contributed by atoms with Crippen molar-refractivity contribution in [2.45, 2.75) is 12.5 Å². The lowest BCUT2D eigenvalue weighted by Gasteiger charge is -2.11. The van der Waals surface area contributed by atoms with Crippen LogP contribution in [-0.2, 0) is 9.84 Å². The van der Waals surface area contributed by atoms with Crippen molar-refractivity contribution < 1.29 is 8.42 Å². The van der Waals surface area contributed by atoms with Gasteiger partial charge in [-0.2, -0.15) is 5.10 Å². The molecule has 1 aliphatic rings. The van der Waals surface area contributed by atoms with Gasteiger partial charge in [-0.3, -0.25) is 5.43 Å². The van der Waals surface area contributed by atoms with E-state index < -0.39 is 9.84 Å². The van der Waals surface area contributed by atoms with E-state index in [2.05, 4.69) is 15.8 Å². The highest BCUT2D eigenvalue weighted by Gasteiger charge is 2.27. The molecule has 1 heterocycles. The van der Waals surface area contributed by atoms with Gasteiger partial charge in [0.15, 0.2) is 14.9 Å². The summed E-state index contributed by atoms with van der Waals surface area (Å²) >= 11 is 5.05. The standard InChI is InChI=1S/C14H17N3O2S2/c18-21(19)10-8-13(11-21)16-14(20)17-15-9-4-7-12-5-2-1-3-6-12/h1-7,9,13H,8,10-11H2,(H2,16,17,20)/b7-4+,15-9+. The van der Waals surface area contributed by atoms with Gasteiger partial charge in [0.25, 0.3) is 0 Å². The zero-order chi connectivity index (χ0) is 15.1. The topological polar surface area (TPSA) is 70.6 Å². The van der Waals surface area contributed by atoms with Crippen LogP contribution in [0.15, 0.2) is 41.5 Å². The fourth-order valence-electron chi connectivity index (χ4n) is 1.98. The number of hydrogen-bond donors (Lipinski definition) is 2. The van der Waals surface area contributed by atoms with Gasteiger partial charge < -0.3 is 5.32 Å². The second-order valence-corrected chi connectivity index (χ2v) is 7.37. The van der Waals surface area contributed by atoms with E-state index in [4.69, 9.17) is 12.2 Å². The molecule has 0 bridgehead atoms. The summed E-state index contributed by atoms with van der Waals surface area (Å²) in [6, 6.07) is 9.74. The zero-order valence-electron chi connectivity index (χ0n) is 11.4. The highest BCUT2D eigenvalue weighted by Crippen LogP contribution is 2.10. The van der Waals surface area contributed by atoms with Crippen LogP contribution in [0.2, 0.25) is 0 Å². The Kier molecular flexibility index (Phi) is 5.46. The van der Waals surface area contributed by atoms with Gasteiger partial charge in [-0.15, -0.1) is 0 Å². The summed E-state index contributed by atoms with van der Waals surface area (Å²) < 4.78 is 22.6. The van der Waals surface area contributed by atoms with Gasteiger partial charge >= 0.3 is 0 Å². The van der Waals surface area contributed by atoms with Gasteiger partial charge in [0.1, 0.15) is 0 Å². The summed E-state index contributed by atoms with van der Waals surface area (Å²) in [5, 5.41) is 7.23. The second-order valence-electron chi connectivity index (χ2n) is 4.73. The number of thiocarbonyl (C=S) groups is 1. The van der Waals surface area contributed by atoms with Crippen molar-refractivity contribution in [2.24, 2.45) is 5.10 Å². The highest BCUT2D eigenvalue weighted by molar-refractivity contribution is 7.91. The predicted molar refractivity (Wildman–Crippen MR) is 89.9 cm³/mol. The molecule has 1 atom stereocenters. The second kappa shape index (κ2) is 7.33. The molecule has 7 heteroatoms. The van der Waals surface area contributed by atoms with E-state index in [-0.39, 0.29) is 17.5 Å². The zero-order valence-corrected chi connectivity index (χ0v) is 13.0. The summed E-state index contributed by atoms with van der Waals surface area (Å²) in [7, 11) is -2.90. The minimum atomic E-state index is -2.90. The lowest BCUT2D eigenvalue weighted by Crippen LogP contribution is -2.40. The molecule has 0 saturated carbocycles. The number of benzene rings is 1. The van der Waals surface area contributed by atoms with Crippen LogP contribution >= 0.6 is 12.2 Å². The molecule has 1 aromatic rings. The molecular formula is C14H17N3O2S2. The van der Waals surface area contributed by atoms with Gasteiger partial charge in [-0.25, -0.2) is 8.42 Å². The van der Waals surface area contributed by atoms with Crippen molar-refractivity contribution in [3.05, 3.63) is 42.0 Å². The molecule has 0 spiro atoms. The van der Waals surface area contributed by atoms with Gasteiger partial charge in [0.2, 0.25) is 0 Å². The summed E-state index contributed by atoms with van der Waals surface area (Å²) in [6.07, 6.45) is 5.89. The fraction of sp³-hybridized carbons (Fsp3) is 0.286. The van der Waals surface area contributed by atoms with Crippen molar-refractivity contribution in [1.82, 2.24) is 10.7 Å². The molecule has 1 saturated heterocycles. The monoisotopic (exact) mass is 323 g/mol. The maximum Gasteiger partial charge on any atom is 0.187 e. The Morgan fingerprint density at radius 3 is 2.76 bits per heavy atom. The van der Waals surface area contributed by atoms with Crippen LogP contribution in [0.1, 0.15) is 12.0 Å². The molecule has 2 rings (SSSR count). The van der Waals surface area contributed by atoms with Crippen molar-refractivity contribution in [2.75, 3.05) is 11.5 Å². The minimum Gasteiger partial charge on any atom is -0.358 e. The van der Waals surface area contributed by atoms with Crippen molar-refractivity contribution >= 4 is 39.5 Å². The van der Waals surface area contributed by atoms with Crippen LogP contribution in [-0.4, -0.2) is 37.3 Å². The Morgan fingerprint density at radius 1 is 1.33 bits per heavy atom. The normalized spacial score (nSPS) is 20.9. The van der Waals surface area contributed by atoms with E-state index in [0.717, 1.165) is 5.56 Å². The van der Waals surface area contributed by atoms with E-state index in [1.165, 1.54) is 0 Å². The van der Waals surface area contributed by atoms with Crippen LogP contribution < -0.4 is 10.7 Å².